The Morgan fingerprint density at radius 2 is 2.23 bits per heavy atom. The summed E-state index contributed by atoms with van der Waals surface area (Å²) >= 11 is 3.67. The van der Waals surface area contributed by atoms with Gasteiger partial charge in [0.1, 0.15) is 28.9 Å². The highest BCUT2D eigenvalue weighted by Crippen LogP contribution is 2.41. The molecule has 0 bridgehead atoms. The van der Waals surface area contributed by atoms with Crippen LogP contribution < -0.4 is 11.1 Å². The maximum Gasteiger partial charge on any atom is 0.352 e. The van der Waals surface area contributed by atoms with Gasteiger partial charge in [0.2, 0.25) is 5.16 Å². The smallest absolute Gasteiger partial charge is 0.352 e. The van der Waals surface area contributed by atoms with Crippen LogP contribution in [0.2, 0.25) is 0 Å². The number of nitrogen functional groups attached to an aromatic ring is 1. The second kappa shape index (κ2) is 11.7. The molecule has 2 aromatic heterocycles. The zero-order valence-electron chi connectivity index (χ0n) is 20.2. The lowest BCUT2D eigenvalue weighted by Crippen LogP contribution is -2.71. The number of fused-ring (bicyclic) bond motifs is 1. The standard InChI is InChI=1S/C21H23N9O6S3/c22-20-23-12(9-38-20)13(26-36-11-3-1-2-4-11)16(32)24-14-17(33)30-15(19(34)35)10(7-37-18(14)30)8-39-21-25-27-28-29(21)5-6-31/h1,3,9,11,14,18,31H,2,4-8H2,(H2,22,23)(H,24,32)(H,34,35)/t11?,14?,18-/m0/s1. The summed E-state index contributed by atoms with van der Waals surface area (Å²) < 4.78 is 1.41. The molecule has 5 rings (SSSR count). The molecule has 2 aliphatic heterocycles. The number of tetrazole rings is 1. The number of allylic oxidation sites excluding steroid dienone is 1. The summed E-state index contributed by atoms with van der Waals surface area (Å²) in [4.78, 5) is 49.3. The fraction of sp³-hybridized carbons (Fsp3) is 0.429. The number of oxime groups is 1. The van der Waals surface area contributed by atoms with Crippen LogP contribution in [-0.2, 0) is 25.8 Å². The Labute approximate surface area is 233 Å². The Hall–Kier alpha value is -3.48. The first kappa shape index (κ1) is 27.1. The van der Waals surface area contributed by atoms with E-state index in [1.54, 1.807) is 5.38 Å². The Bertz CT molecular complexity index is 1370. The van der Waals surface area contributed by atoms with Crippen molar-refractivity contribution in [3.63, 3.8) is 0 Å². The fourth-order valence-electron chi connectivity index (χ4n) is 4.10. The summed E-state index contributed by atoms with van der Waals surface area (Å²) in [5.41, 5.74) is 6.22. The quantitative estimate of drug-likeness (QED) is 0.0866. The number of carboxylic acids is 1. The number of aliphatic hydroxyl groups is 1. The van der Waals surface area contributed by atoms with Crippen molar-refractivity contribution in [2.45, 2.75) is 42.1 Å². The topological polar surface area (TPSA) is 211 Å². The molecule has 5 N–H and O–H groups in total. The van der Waals surface area contributed by atoms with Gasteiger partial charge in [-0.05, 0) is 34.9 Å². The third-order valence-corrected chi connectivity index (χ3v) is 9.01. The molecule has 0 radical (unpaired) electrons. The molecule has 2 unspecified atom stereocenters. The molecule has 18 heteroatoms. The van der Waals surface area contributed by atoms with E-state index in [1.165, 1.54) is 33.1 Å². The fourth-order valence-corrected chi connectivity index (χ4v) is 7.04. The molecule has 2 aromatic rings. The van der Waals surface area contributed by atoms with E-state index in [9.17, 15) is 19.5 Å². The van der Waals surface area contributed by atoms with Gasteiger partial charge in [-0.25, -0.2) is 14.5 Å². The molecular formula is C21H23N9O6S3. The third-order valence-electron chi connectivity index (χ3n) is 5.95. The Balaban J connectivity index is 1.30. The zero-order chi connectivity index (χ0) is 27.5. The number of carbonyl (C=O) groups excluding carboxylic acids is 2. The summed E-state index contributed by atoms with van der Waals surface area (Å²) in [6, 6.07) is -0.963. The number of carbonyl (C=O) groups is 3. The van der Waals surface area contributed by atoms with Gasteiger partial charge >= 0.3 is 5.97 Å². The molecule has 3 aliphatic rings. The molecule has 3 atom stereocenters. The number of thiazole rings is 1. The number of rotatable bonds is 11. The van der Waals surface area contributed by atoms with E-state index < -0.39 is 29.2 Å². The summed E-state index contributed by atoms with van der Waals surface area (Å²) in [6.45, 7) is 0.0464. The number of amides is 2. The van der Waals surface area contributed by atoms with Crippen molar-refractivity contribution in [2.24, 2.45) is 5.16 Å². The number of aromatic nitrogens is 5. The van der Waals surface area contributed by atoms with E-state index in [0.717, 1.165) is 24.2 Å². The predicted molar refractivity (Wildman–Crippen MR) is 142 cm³/mol. The molecule has 206 valence electrons. The largest absolute Gasteiger partial charge is 0.477 e. The van der Waals surface area contributed by atoms with Gasteiger partial charge in [0.15, 0.2) is 10.8 Å². The maximum atomic E-state index is 13.2. The third kappa shape index (κ3) is 5.63. The van der Waals surface area contributed by atoms with Gasteiger partial charge in [0, 0.05) is 16.9 Å². The second-order valence-electron chi connectivity index (χ2n) is 8.48. The zero-order valence-corrected chi connectivity index (χ0v) is 22.6. The number of hydrogen-bond acceptors (Lipinski definition) is 14. The summed E-state index contributed by atoms with van der Waals surface area (Å²) in [6.07, 6.45) is 5.11. The van der Waals surface area contributed by atoms with Crippen LogP contribution in [-0.4, -0.2) is 99.4 Å². The lowest BCUT2D eigenvalue weighted by Gasteiger charge is -2.49. The van der Waals surface area contributed by atoms with Crippen LogP contribution in [0.1, 0.15) is 18.5 Å². The highest BCUT2D eigenvalue weighted by molar-refractivity contribution is 8.01. The van der Waals surface area contributed by atoms with E-state index in [0.29, 0.717) is 16.5 Å². The van der Waals surface area contributed by atoms with E-state index in [2.05, 4.69) is 31.0 Å². The molecule has 0 spiro atoms. The van der Waals surface area contributed by atoms with Gasteiger partial charge < -0.3 is 26.1 Å². The van der Waals surface area contributed by atoms with E-state index >= 15 is 0 Å². The highest BCUT2D eigenvalue weighted by Gasteiger charge is 2.54. The molecule has 0 aromatic carbocycles. The predicted octanol–water partition coefficient (Wildman–Crippen LogP) is -0.326. The number of thioether (sulfide) groups is 2. The van der Waals surface area contributed by atoms with E-state index in [-0.39, 0.29) is 47.2 Å². The number of nitrogens with two attached hydrogens (primary N) is 1. The van der Waals surface area contributed by atoms with Crippen molar-refractivity contribution < 1.29 is 29.4 Å². The van der Waals surface area contributed by atoms with Gasteiger partial charge in [0.05, 0.1) is 13.2 Å². The van der Waals surface area contributed by atoms with Crippen molar-refractivity contribution in [3.05, 3.63) is 34.5 Å². The van der Waals surface area contributed by atoms with Crippen LogP contribution in [0.5, 0.6) is 0 Å². The number of aliphatic carboxylic acids is 1. The lowest BCUT2D eigenvalue weighted by molar-refractivity contribution is -0.150. The van der Waals surface area contributed by atoms with Crippen molar-refractivity contribution in [1.29, 1.82) is 0 Å². The number of carboxylic acid groups (broad SMARTS) is 1. The normalized spacial score (nSPS) is 22.6. The molecule has 0 saturated carbocycles. The minimum atomic E-state index is -1.25. The van der Waals surface area contributed by atoms with Crippen LogP contribution in [0, 0.1) is 0 Å². The van der Waals surface area contributed by atoms with Crippen molar-refractivity contribution in [2.75, 3.05) is 23.8 Å². The first-order chi connectivity index (χ1) is 18.9. The molecule has 1 aliphatic carbocycles. The Kier molecular flexibility index (Phi) is 8.15. The molecular weight excluding hydrogens is 570 g/mol. The van der Waals surface area contributed by atoms with E-state index in [4.69, 9.17) is 15.7 Å². The van der Waals surface area contributed by atoms with Crippen LogP contribution in [0.25, 0.3) is 0 Å². The number of β-lactam (4-membered cyclic amide) rings is 1. The maximum absolute atomic E-state index is 13.2. The number of nitrogens with one attached hydrogen (secondary N) is 1. The van der Waals surface area contributed by atoms with Gasteiger partial charge in [-0.15, -0.1) is 28.2 Å². The van der Waals surface area contributed by atoms with Crippen LogP contribution in [0.3, 0.4) is 0 Å². The Morgan fingerprint density at radius 3 is 2.92 bits per heavy atom. The molecule has 1 saturated heterocycles. The van der Waals surface area contributed by atoms with Crippen molar-refractivity contribution in [1.82, 2.24) is 35.4 Å². The van der Waals surface area contributed by atoms with Gasteiger partial charge in [0.25, 0.3) is 11.8 Å². The van der Waals surface area contributed by atoms with Crippen LogP contribution >= 0.6 is 34.9 Å². The molecule has 4 heterocycles. The van der Waals surface area contributed by atoms with Crippen LogP contribution in [0.15, 0.2) is 39.1 Å². The highest BCUT2D eigenvalue weighted by atomic mass is 32.2. The summed E-state index contributed by atoms with van der Waals surface area (Å²) in [7, 11) is 0. The summed E-state index contributed by atoms with van der Waals surface area (Å²) in [5.74, 6) is -1.94. The van der Waals surface area contributed by atoms with Gasteiger partial charge in [-0.3, -0.25) is 14.5 Å². The number of nitrogens with zero attached hydrogens (tertiary/aromatic N) is 7. The van der Waals surface area contributed by atoms with Crippen LogP contribution in [0.4, 0.5) is 5.13 Å². The average Bonchev–Trinajstić information content (AvgIpc) is 3.69. The minimum Gasteiger partial charge on any atom is -0.477 e. The Morgan fingerprint density at radius 1 is 1.38 bits per heavy atom. The molecule has 2 amide bonds. The monoisotopic (exact) mass is 593 g/mol. The number of hydrogen-bond donors (Lipinski definition) is 4. The van der Waals surface area contributed by atoms with Gasteiger partial charge in [-0.2, -0.15) is 0 Å². The number of aliphatic hydroxyl groups excluding tert-OH is 1. The molecule has 1 fully saturated rings. The lowest BCUT2D eigenvalue weighted by atomic mass is 10.0. The SMILES string of the molecule is Nc1nc(C(=NOC2C=CCC2)C(=O)NC2C(=O)N3C(C(=O)O)=C(CSc4nnnn4CCO)CS[C@@H]23)cs1. The van der Waals surface area contributed by atoms with E-state index in [1.807, 2.05) is 12.2 Å². The van der Waals surface area contributed by atoms with Crippen molar-refractivity contribution in [3.8, 4) is 0 Å². The first-order valence-electron chi connectivity index (χ1n) is 11.7. The minimum absolute atomic E-state index is 0.123. The first-order valence-corrected chi connectivity index (χ1v) is 14.6. The molecule has 39 heavy (non-hydrogen) atoms. The van der Waals surface area contributed by atoms with Gasteiger partial charge in [-0.1, -0.05) is 23.0 Å². The van der Waals surface area contributed by atoms with Crippen molar-refractivity contribution >= 4 is 63.5 Å². The second-order valence-corrected chi connectivity index (χ2v) is 11.4. The molecule has 15 nitrogen and oxygen atoms in total. The average molecular weight is 594 g/mol. The number of anilines is 1. The summed E-state index contributed by atoms with van der Waals surface area (Å²) in [5, 5.41) is 38.6.